The topological polar surface area (TPSA) is 103 Å². The van der Waals surface area contributed by atoms with E-state index in [1.54, 1.807) is 19.1 Å². The van der Waals surface area contributed by atoms with Crippen LogP contribution in [0.25, 0.3) is 0 Å². The summed E-state index contributed by atoms with van der Waals surface area (Å²) < 4.78 is 10.1. The third-order valence-electron chi connectivity index (χ3n) is 2.84. The third-order valence-corrected chi connectivity index (χ3v) is 2.84. The fourth-order valence-electron chi connectivity index (χ4n) is 1.87. The Morgan fingerprint density at radius 2 is 1.86 bits per heavy atom. The highest BCUT2D eigenvalue weighted by Gasteiger charge is 2.27. The molecule has 1 N–H and O–H groups in total. The number of anilines is 2. The maximum Gasteiger partial charge on any atom is 0.353 e. The average molecular weight is 313 g/mol. The van der Waals surface area contributed by atoms with Gasteiger partial charge in [-0.15, -0.1) is 0 Å². The van der Waals surface area contributed by atoms with Gasteiger partial charge >= 0.3 is 5.69 Å². The van der Waals surface area contributed by atoms with E-state index >= 15 is 0 Å². The van der Waals surface area contributed by atoms with E-state index in [2.05, 4.69) is 15.3 Å². The summed E-state index contributed by atoms with van der Waals surface area (Å²) in [4.78, 5) is 20.9. The lowest BCUT2D eigenvalue weighted by Gasteiger charge is -2.23. The van der Waals surface area contributed by atoms with E-state index in [1.807, 2.05) is 13.8 Å². The Hall–Kier alpha value is -2.00. The number of nitro groups is 1. The molecule has 0 bridgehead atoms. The molecule has 0 saturated carbocycles. The van der Waals surface area contributed by atoms with E-state index in [0.29, 0.717) is 26.3 Å². The van der Waals surface area contributed by atoms with Gasteiger partial charge in [-0.25, -0.2) is 9.97 Å². The number of nitrogens with one attached hydrogen (secondary N) is 1. The summed E-state index contributed by atoms with van der Waals surface area (Å²) in [5, 5.41) is 14.5. The molecule has 1 aromatic rings. The Morgan fingerprint density at radius 3 is 2.32 bits per heavy atom. The molecule has 0 amide bonds. The maximum absolute atomic E-state index is 11.5. The smallest absolute Gasteiger partial charge is 0.353 e. The van der Waals surface area contributed by atoms with Crippen molar-refractivity contribution in [1.82, 2.24) is 9.97 Å². The standard InChI is InChI=1S/C13H23N5O4/c1-10(2)16-12-11(18(19)20)13(15-9-14-12)17(5-7-21-3)6-8-22-4/h9-10H,5-8H2,1-4H3,(H,14,15,16). The number of aromatic nitrogens is 2. The zero-order valence-electron chi connectivity index (χ0n) is 13.4. The molecular formula is C13H23N5O4. The molecule has 1 aromatic heterocycles. The zero-order chi connectivity index (χ0) is 16.5. The van der Waals surface area contributed by atoms with Crippen molar-refractivity contribution in [1.29, 1.82) is 0 Å². The summed E-state index contributed by atoms with van der Waals surface area (Å²) in [6.45, 7) is 5.57. The van der Waals surface area contributed by atoms with E-state index in [1.165, 1.54) is 6.33 Å². The molecule has 0 unspecified atom stereocenters. The SMILES string of the molecule is COCCN(CCOC)c1ncnc(NC(C)C)c1[N+](=O)[O-]. The Morgan fingerprint density at radius 1 is 1.27 bits per heavy atom. The second-order valence-corrected chi connectivity index (χ2v) is 4.92. The van der Waals surface area contributed by atoms with E-state index in [4.69, 9.17) is 9.47 Å². The molecule has 0 aliphatic rings. The summed E-state index contributed by atoms with van der Waals surface area (Å²) in [6, 6.07) is 0.0212. The van der Waals surface area contributed by atoms with Crippen LogP contribution in [0.5, 0.6) is 0 Å². The summed E-state index contributed by atoms with van der Waals surface area (Å²) >= 11 is 0. The molecule has 9 nitrogen and oxygen atoms in total. The Kier molecular flexibility index (Phi) is 7.47. The molecule has 0 spiro atoms. The fourth-order valence-corrected chi connectivity index (χ4v) is 1.87. The van der Waals surface area contributed by atoms with Gasteiger partial charge in [0, 0.05) is 33.4 Å². The first-order valence-electron chi connectivity index (χ1n) is 7.00. The summed E-state index contributed by atoms with van der Waals surface area (Å²) in [5.74, 6) is 0.474. The van der Waals surface area contributed by atoms with Gasteiger partial charge in [-0.05, 0) is 13.8 Å². The van der Waals surface area contributed by atoms with Gasteiger partial charge in [-0.1, -0.05) is 0 Å². The molecule has 22 heavy (non-hydrogen) atoms. The monoisotopic (exact) mass is 313 g/mol. The minimum Gasteiger partial charge on any atom is -0.383 e. The number of nitrogens with zero attached hydrogens (tertiary/aromatic N) is 4. The van der Waals surface area contributed by atoms with Gasteiger partial charge in [0.1, 0.15) is 6.33 Å². The number of hydrogen-bond acceptors (Lipinski definition) is 8. The summed E-state index contributed by atoms with van der Waals surface area (Å²) in [6.07, 6.45) is 1.32. The highest BCUT2D eigenvalue weighted by molar-refractivity contribution is 5.70. The first-order valence-corrected chi connectivity index (χ1v) is 7.00. The Bertz CT molecular complexity index is 475. The summed E-state index contributed by atoms with van der Waals surface area (Å²) in [5.41, 5.74) is -0.136. The third kappa shape index (κ3) is 5.08. The minimum absolute atomic E-state index is 0.0212. The van der Waals surface area contributed by atoms with Gasteiger partial charge in [-0.3, -0.25) is 10.1 Å². The molecule has 0 aliphatic carbocycles. The molecule has 0 atom stereocenters. The van der Waals surface area contributed by atoms with Gasteiger partial charge < -0.3 is 19.7 Å². The van der Waals surface area contributed by atoms with Crippen molar-refractivity contribution in [3.8, 4) is 0 Å². The van der Waals surface area contributed by atoms with E-state index in [-0.39, 0.29) is 23.4 Å². The van der Waals surface area contributed by atoms with Gasteiger partial charge in [0.05, 0.1) is 18.1 Å². The van der Waals surface area contributed by atoms with Crippen LogP contribution in [0.1, 0.15) is 13.8 Å². The molecule has 0 aliphatic heterocycles. The molecule has 0 aromatic carbocycles. The minimum atomic E-state index is -0.466. The predicted molar refractivity (Wildman–Crippen MR) is 83.4 cm³/mol. The zero-order valence-corrected chi connectivity index (χ0v) is 13.4. The fraction of sp³-hybridized carbons (Fsp3) is 0.692. The lowest BCUT2D eigenvalue weighted by Crippen LogP contribution is -2.32. The van der Waals surface area contributed by atoms with Crippen molar-refractivity contribution in [2.75, 3.05) is 50.7 Å². The molecule has 0 radical (unpaired) electrons. The molecule has 9 heteroatoms. The van der Waals surface area contributed by atoms with Crippen molar-refractivity contribution < 1.29 is 14.4 Å². The molecule has 1 heterocycles. The molecule has 1 rings (SSSR count). The first kappa shape index (κ1) is 18.1. The molecule has 124 valence electrons. The van der Waals surface area contributed by atoms with Gasteiger partial charge in [0.2, 0.25) is 11.6 Å². The van der Waals surface area contributed by atoms with Crippen molar-refractivity contribution >= 4 is 17.3 Å². The van der Waals surface area contributed by atoms with E-state index in [9.17, 15) is 10.1 Å². The van der Waals surface area contributed by atoms with Crippen LogP contribution < -0.4 is 10.2 Å². The Labute approximate surface area is 129 Å². The second-order valence-electron chi connectivity index (χ2n) is 4.92. The first-order chi connectivity index (χ1) is 10.5. The van der Waals surface area contributed by atoms with Crippen LogP contribution in [0.4, 0.5) is 17.3 Å². The number of methoxy groups -OCH3 is 2. The lowest BCUT2D eigenvalue weighted by atomic mass is 10.3. The number of hydrogen-bond donors (Lipinski definition) is 1. The highest BCUT2D eigenvalue weighted by Crippen LogP contribution is 2.31. The number of rotatable bonds is 10. The van der Waals surface area contributed by atoms with Crippen molar-refractivity contribution in [2.45, 2.75) is 19.9 Å². The average Bonchev–Trinajstić information content (AvgIpc) is 2.46. The van der Waals surface area contributed by atoms with Crippen LogP contribution in [-0.4, -0.2) is 61.5 Å². The maximum atomic E-state index is 11.5. The van der Waals surface area contributed by atoms with Gasteiger partial charge in [-0.2, -0.15) is 0 Å². The van der Waals surface area contributed by atoms with Crippen LogP contribution in [0.3, 0.4) is 0 Å². The Balaban J connectivity index is 3.18. The van der Waals surface area contributed by atoms with Gasteiger partial charge in [0.15, 0.2) is 0 Å². The predicted octanol–water partition coefficient (Wildman–Crippen LogP) is 1.30. The van der Waals surface area contributed by atoms with Crippen molar-refractivity contribution in [3.05, 3.63) is 16.4 Å². The highest BCUT2D eigenvalue weighted by atomic mass is 16.6. The summed E-state index contributed by atoms with van der Waals surface area (Å²) in [7, 11) is 3.16. The van der Waals surface area contributed by atoms with Gasteiger partial charge in [0.25, 0.3) is 0 Å². The van der Waals surface area contributed by atoms with Crippen molar-refractivity contribution in [2.24, 2.45) is 0 Å². The van der Waals surface area contributed by atoms with Crippen molar-refractivity contribution in [3.63, 3.8) is 0 Å². The molecular weight excluding hydrogens is 290 g/mol. The van der Waals surface area contributed by atoms with Crippen LogP contribution in [0.2, 0.25) is 0 Å². The van der Waals surface area contributed by atoms with Crippen LogP contribution in [0.15, 0.2) is 6.33 Å². The second kappa shape index (κ2) is 9.11. The van der Waals surface area contributed by atoms with Crippen LogP contribution in [-0.2, 0) is 9.47 Å². The van der Waals surface area contributed by atoms with Crippen LogP contribution in [0, 0.1) is 10.1 Å². The van der Waals surface area contributed by atoms with E-state index in [0.717, 1.165) is 0 Å². The normalized spacial score (nSPS) is 10.8. The largest absolute Gasteiger partial charge is 0.383 e. The lowest BCUT2D eigenvalue weighted by molar-refractivity contribution is -0.383. The molecule has 0 fully saturated rings. The molecule has 0 saturated heterocycles. The van der Waals surface area contributed by atoms with E-state index < -0.39 is 4.92 Å². The number of ether oxygens (including phenoxy) is 2. The van der Waals surface area contributed by atoms with Crippen LogP contribution >= 0.6 is 0 Å². The quantitative estimate of drug-likeness (QED) is 0.509.